The van der Waals surface area contributed by atoms with Crippen molar-refractivity contribution in [2.45, 2.75) is 18.8 Å². The minimum absolute atomic E-state index is 0.103. The molecule has 2 N–H and O–H groups in total. The number of nitriles is 1. The molecule has 2 rings (SSSR count). The predicted octanol–water partition coefficient (Wildman–Crippen LogP) is 1.59. The summed E-state index contributed by atoms with van der Waals surface area (Å²) in [5.41, 5.74) is -0.456. The van der Waals surface area contributed by atoms with E-state index in [9.17, 15) is 20.0 Å². The largest absolute Gasteiger partial charge is 0.504 e. The average Bonchev–Trinajstić information content (AvgIpc) is 3.23. The van der Waals surface area contributed by atoms with Crippen molar-refractivity contribution in [1.29, 1.82) is 5.26 Å². The third kappa shape index (κ3) is 2.42. The summed E-state index contributed by atoms with van der Waals surface area (Å²) in [6.45, 7) is 3.22. The van der Waals surface area contributed by atoms with Crippen LogP contribution in [0.1, 0.15) is 24.3 Å². The summed E-state index contributed by atoms with van der Waals surface area (Å²) in [5, 5.41) is 31.7. The fourth-order valence-electron chi connectivity index (χ4n) is 1.75. The number of pyridine rings is 1. The highest BCUT2D eigenvalue weighted by Gasteiger charge is 2.35. The summed E-state index contributed by atoms with van der Waals surface area (Å²) < 4.78 is 0. The number of anilines is 1. The summed E-state index contributed by atoms with van der Waals surface area (Å²) in [6.07, 6.45) is 2.45. The number of hydrogen-bond acceptors (Lipinski definition) is 6. The number of carbonyl (C=O) groups is 1. The molecule has 0 unspecified atom stereocenters. The van der Waals surface area contributed by atoms with Crippen molar-refractivity contribution in [1.82, 2.24) is 4.98 Å². The number of amides is 1. The molecule has 0 aromatic carbocycles. The maximum absolute atomic E-state index is 11.5. The first kappa shape index (κ1) is 13.5. The van der Waals surface area contributed by atoms with Crippen LogP contribution in [-0.4, -0.2) is 20.9 Å². The van der Waals surface area contributed by atoms with Crippen LogP contribution in [0.2, 0.25) is 0 Å². The molecule has 1 aromatic rings. The van der Waals surface area contributed by atoms with Crippen molar-refractivity contribution in [3.8, 4) is 11.8 Å². The molecular weight excluding hydrogens is 264 g/mol. The van der Waals surface area contributed by atoms with Gasteiger partial charge in [0.15, 0.2) is 11.6 Å². The van der Waals surface area contributed by atoms with Crippen molar-refractivity contribution in [2.24, 2.45) is 0 Å². The number of nitrogens with one attached hydrogen (secondary N) is 1. The Hall–Kier alpha value is -2.95. The van der Waals surface area contributed by atoms with Gasteiger partial charge < -0.3 is 10.4 Å². The number of nitro groups is 1. The van der Waals surface area contributed by atoms with Crippen LogP contribution in [0.25, 0.3) is 0 Å². The molecule has 0 spiro atoms. The van der Waals surface area contributed by atoms with Crippen LogP contribution in [0.4, 0.5) is 11.5 Å². The second kappa shape index (κ2) is 4.97. The van der Waals surface area contributed by atoms with Gasteiger partial charge in [-0.05, 0) is 18.8 Å². The molecule has 8 heteroatoms. The maximum Gasteiger partial charge on any atom is 0.294 e. The molecule has 1 aromatic heterocycles. The fraction of sp³-hybridized carbons (Fsp3) is 0.250. The zero-order valence-electron chi connectivity index (χ0n) is 10.3. The third-order valence-corrected chi connectivity index (χ3v) is 2.89. The molecule has 1 saturated carbocycles. The van der Waals surface area contributed by atoms with E-state index in [1.807, 2.05) is 0 Å². The first-order valence-electron chi connectivity index (χ1n) is 5.72. The van der Waals surface area contributed by atoms with Crippen molar-refractivity contribution < 1.29 is 14.8 Å². The fourth-order valence-corrected chi connectivity index (χ4v) is 1.75. The van der Waals surface area contributed by atoms with E-state index in [0.29, 0.717) is 0 Å². The van der Waals surface area contributed by atoms with Crippen molar-refractivity contribution in [3.05, 3.63) is 34.0 Å². The molecule has 1 fully saturated rings. The Balaban J connectivity index is 2.39. The topological polar surface area (TPSA) is 129 Å². The standard InChI is InChI=1S/C12H10N4O4/c1-6(4-13)12(18)15-11-10(17)9(7-2-3-7)8(5-14-11)16(19)20/h5,7,17H,1-3H2,(H,14,15,18). The zero-order chi connectivity index (χ0) is 14.9. The lowest BCUT2D eigenvalue weighted by atomic mass is 10.1. The predicted molar refractivity (Wildman–Crippen MR) is 67.9 cm³/mol. The minimum atomic E-state index is -0.814. The quantitative estimate of drug-likeness (QED) is 0.371. The van der Waals surface area contributed by atoms with Gasteiger partial charge in [-0.15, -0.1) is 0 Å². The van der Waals surface area contributed by atoms with Gasteiger partial charge in [0, 0.05) is 0 Å². The van der Waals surface area contributed by atoms with Gasteiger partial charge in [-0.3, -0.25) is 14.9 Å². The Kier molecular flexibility index (Phi) is 3.35. The number of rotatable bonds is 4. The molecule has 0 bridgehead atoms. The Labute approximate surface area is 113 Å². The van der Waals surface area contributed by atoms with E-state index in [2.05, 4.69) is 16.9 Å². The van der Waals surface area contributed by atoms with E-state index in [1.165, 1.54) is 0 Å². The summed E-state index contributed by atoms with van der Waals surface area (Å²) >= 11 is 0. The average molecular weight is 274 g/mol. The molecule has 0 aliphatic heterocycles. The molecule has 102 valence electrons. The molecule has 1 amide bonds. The summed E-state index contributed by atoms with van der Waals surface area (Å²) in [6, 6.07) is 1.56. The van der Waals surface area contributed by atoms with Crippen molar-refractivity contribution in [2.75, 3.05) is 5.32 Å². The van der Waals surface area contributed by atoms with Gasteiger partial charge in [0.05, 0.1) is 10.5 Å². The van der Waals surface area contributed by atoms with E-state index in [1.54, 1.807) is 6.07 Å². The Morgan fingerprint density at radius 2 is 2.30 bits per heavy atom. The Morgan fingerprint density at radius 3 is 2.80 bits per heavy atom. The number of aromatic nitrogens is 1. The van der Waals surface area contributed by atoms with Crippen LogP contribution < -0.4 is 5.32 Å². The first-order chi connectivity index (χ1) is 9.45. The van der Waals surface area contributed by atoms with Crippen molar-refractivity contribution in [3.63, 3.8) is 0 Å². The molecule has 8 nitrogen and oxygen atoms in total. The number of nitrogens with zero attached hydrogens (tertiary/aromatic N) is 3. The SMILES string of the molecule is C=C(C#N)C(=O)Nc1ncc([N+](=O)[O-])c(C2CC2)c1O. The highest BCUT2D eigenvalue weighted by atomic mass is 16.6. The van der Waals surface area contributed by atoms with E-state index < -0.39 is 16.6 Å². The van der Waals surface area contributed by atoms with E-state index in [-0.39, 0.29) is 28.6 Å². The lowest BCUT2D eigenvalue weighted by Crippen LogP contribution is -2.14. The molecular formula is C12H10N4O4. The van der Waals surface area contributed by atoms with Gasteiger partial charge in [0.2, 0.25) is 0 Å². The highest BCUT2D eigenvalue weighted by molar-refractivity contribution is 6.06. The Morgan fingerprint density at radius 1 is 1.65 bits per heavy atom. The van der Waals surface area contributed by atoms with E-state index in [0.717, 1.165) is 19.0 Å². The Bertz CT molecular complexity index is 658. The second-order valence-electron chi connectivity index (χ2n) is 4.33. The molecule has 0 radical (unpaired) electrons. The third-order valence-electron chi connectivity index (χ3n) is 2.89. The van der Waals surface area contributed by atoms with E-state index in [4.69, 9.17) is 5.26 Å². The highest BCUT2D eigenvalue weighted by Crippen LogP contribution is 2.49. The number of hydrogen-bond donors (Lipinski definition) is 2. The van der Waals surface area contributed by atoms with Gasteiger partial charge in [-0.25, -0.2) is 4.98 Å². The number of carbonyl (C=O) groups excluding carboxylic acids is 1. The zero-order valence-corrected chi connectivity index (χ0v) is 10.3. The van der Waals surface area contributed by atoms with Gasteiger partial charge in [0.25, 0.3) is 11.6 Å². The molecule has 1 aliphatic carbocycles. The molecule has 1 heterocycles. The van der Waals surface area contributed by atoms with Crippen LogP contribution in [0.15, 0.2) is 18.3 Å². The summed E-state index contributed by atoms with van der Waals surface area (Å²) in [7, 11) is 0. The van der Waals surface area contributed by atoms with E-state index >= 15 is 0 Å². The molecule has 20 heavy (non-hydrogen) atoms. The number of aromatic hydroxyl groups is 1. The van der Waals surface area contributed by atoms with Crippen LogP contribution in [0.3, 0.4) is 0 Å². The lowest BCUT2D eigenvalue weighted by Gasteiger charge is -2.09. The van der Waals surface area contributed by atoms with Gasteiger partial charge >= 0.3 is 0 Å². The maximum atomic E-state index is 11.5. The van der Waals surface area contributed by atoms with Gasteiger partial charge in [-0.1, -0.05) is 6.58 Å². The van der Waals surface area contributed by atoms with Crippen LogP contribution in [0.5, 0.6) is 5.75 Å². The second-order valence-corrected chi connectivity index (χ2v) is 4.33. The first-order valence-corrected chi connectivity index (χ1v) is 5.72. The smallest absolute Gasteiger partial charge is 0.294 e. The molecule has 0 saturated heterocycles. The lowest BCUT2D eigenvalue weighted by molar-refractivity contribution is -0.385. The van der Waals surface area contributed by atoms with Crippen molar-refractivity contribution >= 4 is 17.4 Å². The van der Waals surface area contributed by atoms with Gasteiger partial charge in [0.1, 0.15) is 17.8 Å². The summed E-state index contributed by atoms with van der Waals surface area (Å²) in [4.78, 5) is 25.4. The van der Waals surface area contributed by atoms with Crippen LogP contribution in [-0.2, 0) is 4.79 Å². The normalized spacial score (nSPS) is 13.3. The summed E-state index contributed by atoms with van der Waals surface area (Å²) in [5.74, 6) is -1.56. The van der Waals surface area contributed by atoms with Crippen LogP contribution >= 0.6 is 0 Å². The monoisotopic (exact) mass is 274 g/mol. The molecule has 1 aliphatic rings. The van der Waals surface area contributed by atoms with Gasteiger partial charge in [-0.2, -0.15) is 5.26 Å². The molecule has 0 atom stereocenters. The minimum Gasteiger partial charge on any atom is -0.504 e. The van der Waals surface area contributed by atoms with Crippen LogP contribution in [0, 0.1) is 21.4 Å².